The molecule has 70 valence electrons. The summed E-state index contributed by atoms with van der Waals surface area (Å²) in [5, 5.41) is 22.6. The van der Waals surface area contributed by atoms with Crippen LogP contribution in [0, 0.1) is 10.1 Å². The minimum absolute atomic E-state index is 0.279. The average Bonchev–Trinajstić information content (AvgIpc) is 2.08. The number of para-hydroxylation sites is 1. The van der Waals surface area contributed by atoms with Crippen LogP contribution in [0.15, 0.2) is 18.2 Å². The van der Waals surface area contributed by atoms with Crippen molar-refractivity contribution in [3.05, 3.63) is 28.3 Å². The first kappa shape index (κ1) is 9.31. The highest BCUT2D eigenvalue weighted by molar-refractivity contribution is 5.65. The number of hydrogen-bond donors (Lipinski definition) is 2. The Morgan fingerprint density at radius 2 is 2.31 bits per heavy atom. The van der Waals surface area contributed by atoms with Crippen LogP contribution in [0.5, 0.6) is 5.75 Å². The van der Waals surface area contributed by atoms with E-state index in [2.05, 4.69) is 5.32 Å². The molecule has 0 radical (unpaired) electrons. The number of hydrogen-bond acceptors (Lipinski definition) is 4. The molecule has 1 aromatic rings. The lowest BCUT2D eigenvalue weighted by Crippen LogP contribution is -1.98. The van der Waals surface area contributed by atoms with Gasteiger partial charge in [-0.05, 0) is 13.0 Å². The molecule has 5 nitrogen and oxygen atoms in total. The highest BCUT2D eigenvalue weighted by atomic mass is 16.6. The predicted molar refractivity (Wildman–Crippen MR) is 48.9 cm³/mol. The van der Waals surface area contributed by atoms with Gasteiger partial charge in [0.25, 0.3) is 0 Å². The maximum absolute atomic E-state index is 10.4. The van der Waals surface area contributed by atoms with Crippen molar-refractivity contribution in [2.75, 3.05) is 11.9 Å². The van der Waals surface area contributed by atoms with E-state index >= 15 is 0 Å². The lowest BCUT2D eigenvalue weighted by molar-refractivity contribution is -0.385. The molecule has 5 heteroatoms. The second kappa shape index (κ2) is 3.75. The molecular weight excluding hydrogens is 172 g/mol. The van der Waals surface area contributed by atoms with Crippen LogP contribution >= 0.6 is 0 Å². The van der Waals surface area contributed by atoms with Crippen molar-refractivity contribution in [2.45, 2.75) is 6.92 Å². The van der Waals surface area contributed by atoms with Gasteiger partial charge in [-0.25, -0.2) is 0 Å². The molecule has 0 fully saturated rings. The molecule has 0 aliphatic heterocycles. The van der Waals surface area contributed by atoms with E-state index in [-0.39, 0.29) is 11.4 Å². The maximum Gasteiger partial charge on any atom is 0.312 e. The van der Waals surface area contributed by atoms with Gasteiger partial charge in [0.15, 0.2) is 0 Å². The third-order valence-electron chi connectivity index (χ3n) is 1.58. The van der Waals surface area contributed by atoms with Crippen molar-refractivity contribution in [1.29, 1.82) is 0 Å². The van der Waals surface area contributed by atoms with Crippen LogP contribution in [0.2, 0.25) is 0 Å². The predicted octanol–water partition coefficient (Wildman–Crippen LogP) is 1.73. The largest absolute Gasteiger partial charge is 0.501 e. The standard InChI is InChI=1S/C8H10N2O3/c1-2-9-6-4-3-5-7(8(6)11)10(12)13/h3-5,9,11H,2H2,1H3. The van der Waals surface area contributed by atoms with Crippen LogP contribution in [0.3, 0.4) is 0 Å². The molecule has 13 heavy (non-hydrogen) atoms. The van der Waals surface area contributed by atoms with Crippen molar-refractivity contribution < 1.29 is 10.0 Å². The van der Waals surface area contributed by atoms with Gasteiger partial charge in [-0.1, -0.05) is 6.07 Å². The number of nitro groups is 1. The fourth-order valence-corrected chi connectivity index (χ4v) is 1.01. The van der Waals surface area contributed by atoms with Crippen LogP contribution < -0.4 is 5.32 Å². The van der Waals surface area contributed by atoms with E-state index in [9.17, 15) is 15.2 Å². The quantitative estimate of drug-likeness (QED) is 0.424. The van der Waals surface area contributed by atoms with Crippen molar-refractivity contribution >= 4 is 11.4 Å². The SMILES string of the molecule is CCNc1cccc([N+](=O)[O-])c1O. The van der Waals surface area contributed by atoms with Gasteiger partial charge >= 0.3 is 5.69 Å². The summed E-state index contributed by atoms with van der Waals surface area (Å²) in [6.45, 7) is 2.45. The van der Waals surface area contributed by atoms with E-state index < -0.39 is 4.92 Å². The van der Waals surface area contributed by atoms with E-state index in [1.807, 2.05) is 6.92 Å². The van der Waals surface area contributed by atoms with Crippen LogP contribution in [0.25, 0.3) is 0 Å². The number of phenolic OH excluding ortho intramolecular Hbond substituents is 1. The Morgan fingerprint density at radius 1 is 1.62 bits per heavy atom. The molecule has 2 N–H and O–H groups in total. The summed E-state index contributed by atoms with van der Waals surface area (Å²) < 4.78 is 0. The monoisotopic (exact) mass is 182 g/mol. The van der Waals surface area contributed by atoms with Crippen LogP contribution in [0.4, 0.5) is 11.4 Å². The highest BCUT2D eigenvalue weighted by Crippen LogP contribution is 2.32. The molecule has 0 aliphatic carbocycles. The van der Waals surface area contributed by atoms with Crippen molar-refractivity contribution in [1.82, 2.24) is 0 Å². The zero-order valence-electron chi connectivity index (χ0n) is 7.15. The van der Waals surface area contributed by atoms with Crippen molar-refractivity contribution in [2.24, 2.45) is 0 Å². The molecule has 0 aliphatic rings. The number of phenols is 1. The summed E-state index contributed by atoms with van der Waals surface area (Å²) in [7, 11) is 0. The lowest BCUT2D eigenvalue weighted by atomic mass is 10.2. The van der Waals surface area contributed by atoms with E-state index in [0.717, 1.165) is 0 Å². The molecule has 0 atom stereocenters. The topological polar surface area (TPSA) is 75.4 Å². The molecule has 0 saturated heterocycles. The third kappa shape index (κ3) is 1.87. The molecule has 0 saturated carbocycles. The Hall–Kier alpha value is -1.78. The number of anilines is 1. The summed E-state index contributed by atoms with van der Waals surface area (Å²) in [4.78, 5) is 9.78. The van der Waals surface area contributed by atoms with Gasteiger partial charge in [0.05, 0.1) is 10.6 Å². The lowest BCUT2D eigenvalue weighted by Gasteiger charge is -2.04. The first-order valence-corrected chi connectivity index (χ1v) is 3.87. The summed E-state index contributed by atoms with van der Waals surface area (Å²) in [5.41, 5.74) is 0.107. The maximum atomic E-state index is 10.4. The third-order valence-corrected chi connectivity index (χ3v) is 1.58. The number of aromatic hydroxyl groups is 1. The molecule has 1 rings (SSSR count). The Kier molecular flexibility index (Phi) is 2.69. The summed E-state index contributed by atoms with van der Waals surface area (Å²) in [6.07, 6.45) is 0. The second-order valence-corrected chi connectivity index (χ2v) is 2.46. The molecular formula is C8H10N2O3. The minimum Gasteiger partial charge on any atom is -0.501 e. The van der Waals surface area contributed by atoms with Gasteiger partial charge in [-0.2, -0.15) is 0 Å². The van der Waals surface area contributed by atoms with E-state index in [4.69, 9.17) is 0 Å². The van der Waals surface area contributed by atoms with E-state index in [1.54, 1.807) is 6.07 Å². The number of nitrogens with one attached hydrogen (secondary N) is 1. The summed E-state index contributed by atoms with van der Waals surface area (Å²) in [5.74, 6) is -0.311. The van der Waals surface area contributed by atoms with E-state index in [1.165, 1.54) is 12.1 Å². The van der Waals surface area contributed by atoms with E-state index in [0.29, 0.717) is 12.2 Å². The first-order chi connectivity index (χ1) is 6.16. The Labute approximate surface area is 75.2 Å². The Bertz CT molecular complexity index is 325. The second-order valence-electron chi connectivity index (χ2n) is 2.46. The van der Waals surface area contributed by atoms with Gasteiger partial charge in [-0.15, -0.1) is 0 Å². The fraction of sp³-hybridized carbons (Fsp3) is 0.250. The summed E-state index contributed by atoms with van der Waals surface area (Å²) in [6, 6.07) is 4.37. The molecule has 0 unspecified atom stereocenters. The molecule has 0 spiro atoms. The smallest absolute Gasteiger partial charge is 0.312 e. The minimum atomic E-state index is -0.615. The normalized spacial score (nSPS) is 9.62. The Balaban J connectivity index is 3.10. The Morgan fingerprint density at radius 3 is 2.85 bits per heavy atom. The van der Waals surface area contributed by atoms with Gasteiger partial charge in [0.2, 0.25) is 5.75 Å². The fourth-order valence-electron chi connectivity index (χ4n) is 1.01. The van der Waals surface area contributed by atoms with Gasteiger partial charge in [0.1, 0.15) is 0 Å². The molecule has 0 amide bonds. The van der Waals surface area contributed by atoms with Crippen molar-refractivity contribution in [3.8, 4) is 5.75 Å². The number of nitrogens with zero attached hydrogens (tertiary/aromatic N) is 1. The van der Waals surface area contributed by atoms with Gasteiger partial charge in [-0.3, -0.25) is 10.1 Å². The highest BCUT2D eigenvalue weighted by Gasteiger charge is 2.15. The molecule has 0 bridgehead atoms. The number of rotatable bonds is 3. The average molecular weight is 182 g/mol. The van der Waals surface area contributed by atoms with Gasteiger partial charge in [0, 0.05) is 12.6 Å². The van der Waals surface area contributed by atoms with Crippen LogP contribution in [-0.4, -0.2) is 16.6 Å². The number of nitro benzene ring substituents is 1. The van der Waals surface area contributed by atoms with Crippen LogP contribution in [0.1, 0.15) is 6.92 Å². The molecule has 0 aromatic heterocycles. The van der Waals surface area contributed by atoms with Crippen molar-refractivity contribution in [3.63, 3.8) is 0 Å². The first-order valence-electron chi connectivity index (χ1n) is 3.87. The van der Waals surface area contributed by atoms with Crippen LogP contribution in [-0.2, 0) is 0 Å². The zero-order valence-corrected chi connectivity index (χ0v) is 7.15. The zero-order chi connectivity index (χ0) is 9.84. The van der Waals surface area contributed by atoms with Gasteiger partial charge < -0.3 is 10.4 Å². The molecule has 0 heterocycles. The number of benzene rings is 1. The molecule has 1 aromatic carbocycles. The summed E-state index contributed by atoms with van der Waals surface area (Å²) >= 11 is 0.